The van der Waals surface area contributed by atoms with Gasteiger partial charge < -0.3 is 10.4 Å². The van der Waals surface area contributed by atoms with Crippen molar-refractivity contribution in [2.75, 3.05) is 5.32 Å². The predicted molar refractivity (Wildman–Crippen MR) is 70.6 cm³/mol. The number of nitrogens with zero attached hydrogens (tertiary/aromatic N) is 2. The summed E-state index contributed by atoms with van der Waals surface area (Å²) in [5.74, 6) is -0.807. The first-order valence-electron chi connectivity index (χ1n) is 6.54. The van der Waals surface area contributed by atoms with Gasteiger partial charge in [-0.15, -0.1) is 0 Å². The largest absolute Gasteiger partial charge is 0.480 e. The van der Waals surface area contributed by atoms with E-state index in [0.29, 0.717) is 24.2 Å². The molecular weight excluding hydrogens is 242 g/mol. The normalized spacial score (nSPS) is 18.1. The molecular formula is C14H17N3O2. The molecule has 0 atom stereocenters. The summed E-state index contributed by atoms with van der Waals surface area (Å²) in [4.78, 5) is 15.6. The first kappa shape index (κ1) is 13.3. The van der Waals surface area contributed by atoms with Crippen LogP contribution in [0.4, 0.5) is 5.69 Å². The van der Waals surface area contributed by atoms with Crippen molar-refractivity contribution in [3.63, 3.8) is 0 Å². The number of pyridine rings is 1. The fourth-order valence-electron chi connectivity index (χ4n) is 2.53. The van der Waals surface area contributed by atoms with Gasteiger partial charge in [-0.1, -0.05) is 25.7 Å². The van der Waals surface area contributed by atoms with Crippen LogP contribution >= 0.6 is 0 Å². The number of aliphatic carboxylic acids is 1. The lowest BCUT2D eigenvalue weighted by Gasteiger charge is -2.30. The second-order valence-electron chi connectivity index (χ2n) is 4.97. The zero-order chi connectivity index (χ0) is 13.7. The predicted octanol–water partition coefficient (Wildman–Crippen LogP) is 2.54. The smallest absolute Gasteiger partial charge is 0.329 e. The number of hydrogen-bond acceptors (Lipinski definition) is 4. The zero-order valence-corrected chi connectivity index (χ0v) is 10.7. The van der Waals surface area contributed by atoms with Gasteiger partial charge >= 0.3 is 5.97 Å². The first-order valence-corrected chi connectivity index (χ1v) is 6.54. The second kappa shape index (κ2) is 5.70. The minimum Gasteiger partial charge on any atom is -0.480 e. The molecule has 1 saturated carbocycles. The van der Waals surface area contributed by atoms with Crippen molar-refractivity contribution >= 4 is 11.7 Å². The molecule has 100 valence electrons. The van der Waals surface area contributed by atoms with E-state index >= 15 is 0 Å². The summed E-state index contributed by atoms with van der Waals surface area (Å²) in [6.45, 7) is 0. The van der Waals surface area contributed by atoms with Gasteiger partial charge in [0.05, 0.1) is 11.9 Å². The van der Waals surface area contributed by atoms with E-state index in [-0.39, 0.29) is 0 Å². The van der Waals surface area contributed by atoms with Crippen molar-refractivity contribution in [1.29, 1.82) is 5.26 Å². The Labute approximate surface area is 112 Å². The molecule has 1 heterocycles. The van der Waals surface area contributed by atoms with E-state index in [0.717, 1.165) is 25.7 Å². The fourth-order valence-corrected chi connectivity index (χ4v) is 2.53. The number of aromatic nitrogens is 1. The summed E-state index contributed by atoms with van der Waals surface area (Å²) >= 11 is 0. The van der Waals surface area contributed by atoms with Gasteiger partial charge in [0.25, 0.3) is 0 Å². The lowest BCUT2D eigenvalue weighted by molar-refractivity contribution is -0.142. The fraction of sp³-hybridized carbons (Fsp3) is 0.500. The Bertz CT molecular complexity index is 482. The molecule has 5 heteroatoms. The Balaban J connectivity index is 2.20. The molecule has 1 fully saturated rings. The zero-order valence-electron chi connectivity index (χ0n) is 10.7. The lowest BCUT2D eigenvalue weighted by Crippen LogP contribution is -2.46. The molecule has 1 aliphatic rings. The molecule has 2 N–H and O–H groups in total. The van der Waals surface area contributed by atoms with Crippen LogP contribution in [0.25, 0.3) is 0 Å². The minimum atomic E-state index is -0.896. The van der Waals surface area contributed by atoms with E-state index in [4.69, 9.17) is 5.26 Å². The molecule has 5 nitrogen and oxygen atoms in total. The molecule has 0 saturated heterocycles. The molecule has 0 spiro atoms. The van der Waals surface area contributed by atoms with Crippen molar-refractivity contribution in [1.82, 2.24) is 4.98 Å². The maximum atomic E-state index is 11.6. The Morgan fingerprint density at radius 1 is 1.32 bits per heavy atom. The van der Waals surface area contributed by atoms with Gasteiger partial charge in [-0.3, -0.25) is 0 Å². The van der Waals surface area contributed by atoms with Crippen molar-refractivity contribution in [3.8, 4) is 6.07 Å². The highest BCUT2D eigenvalue weighted by Crippen LogP contribution is 2.30. The van der Waals surface area contributed by atoms with E-state index in [1.807, 2.05) is 6.07 Å². The summed E-state index contributed by atoms with van der Waals surface area (Å²) in [5, 5.41) is 21.4. The van der Waals surface area contributed by atoms with Crippen LogP contribution in [0.2, 0.25) is 0 Å². The van der Waals surface area contributed by atoms with Crippen LogP contribution in [-0.2, 0) is 4.79 Å². The molecule has 0 aliphatic heterocycles. The van der Waals surface area contributed by atoms with Gasteiger partial charge in [0, 0.05) is 0 Å². The van der Waals surface area contributed by atoms with Crippen LogP contribution in [0.3, 0.4) is 0 Å². The quantitative estimate of drug-likeness (QED) is 0.815. The molecule has 19 heavy (non-hydrogen) atoms. The SMILES string of the molecule is N#Cc1ccc(NC2(C(=O)O)CCCCCC2)cn1. The van der Waals surface area contributed by atoms with Crippen molar-refractivity contribution in [2.45, 2.75) is 44.1 Å². The molecule has 0 radical (unpaired) electrons. The molecule has 0 bridgehead atoms. The number of nitrogens with one attached hydrogen (secondary N) is 1. The molecule has 2 rings (SSSR count). The van der Waals surface area contributed by atoms with E-state index in [1.165, 1.54) is 6.20 Å². The third kappa shape index (κ3) is 3.02. The number of nitriles is 1. The number of hydrogen-bond donors (Lipinski definition) is 2. The minimum absolute atomic E-state index is 0.329. The van der Waals surface area contributed by atoms with Gasteiger partial charge in [0.2, 0.25) is 0 Å². The van der Waals surface area contributed by atoms with E-state index in [2.05, 4.69) is 10.3 Å². The Kier molecular flexibility index (Phi) is 4.00. The number of anilines is 1. The summed E-state index contributed by atoms with van der Waals surface area (Å²) in [7, 11) is 0. The number of rotatable bonds is 3. The number of carbonyl (C=O) groups is 1. The Hall–Kier alpha value is -2.09. The maximum Gasteiger partial charge on any atom is 0.329 e. The van der Waals surface area contributed by atoms with Crippen molar-refractivity contribution in [2.24, 2.45) is 0 Å². The summed E-state index contributed by atoms with van der Waals surface area (Å²) in [6, 6.07) is 5.25. The third-order valence-corrected chi connectivity index (χ3v) is 3.63. The summed E-state index contributed by atoms with van der Waals surface area (Å²) in [5.41, 5.74) is 0.0888. The van der Waals surface area contributed by atoms with Crippen molar-refractivity contribution in [3.05, 3.63) is 24.0 Å². The topological polar surface area (TPSA) is 86.0 Å². The maximum absolute atomic E-state index is 11.6. The van der Waals surface area contributed by atoms with Crippen LogP contribution in [0.1, 0.15) is 44.2 Å². The standard InChI is InChI=1S/C14H17N3O2/c15-9-11-5-6-12(10-16-11)17-14(13(18)19)7-3-1-2-4-8-14/h5-6,10,17H,1-4,7-8H2,(H,18,19). The van der Waals surface area contributed by atoms with Crippen LogP contribution in [0.5, 0.6) is 0 Å². The van der Waals surface area contributed by atoms with Gasteiger partial charge in [0.1, 0.15) is 17.3 Å². The van der Waals surface area contributed by atoms with E-state index < -0.39 is 11.5 Å². The molecule has 0 unspecified atom stereocenters. The first-order chi connectivity index (χ1) is 9.16. The molecule has 1 aliphatic carbocycles. The van der Waals surface area contributed by atoms with Crippen LogP contribution in [-0.4, -0.2) is 21.6 Å². The highest BCUT2D eigenvalue weighted by molar-refractivity contribution is 5.82. The number of carboxylic acids is 1. The average Bonchev–Trinajstić information content (AvgIpc) is 2.66. The van der Waals surface area contributed by atoms with Gasteiger partial charge in [-0.25, -0.2) is 9.78 Å². The Morgan fingerprint density at radius 3 is 2.47 bits per heavy atom. The van der Waals surface area contributed by atoms with Gasteiger partial charge in [0.15, 0.2) is 0 Å². The molecule has 0 aromatic carbocycles. The van der Waals surface area contributed by atoms with E-state index in [9.17, 15) is 9.90 Å². The molecule has 0 amide bonds. The van der Waals surface area contributed by atoms with Gasteiger partial charge in [-0.05, 0) is 25.0 Å². The highest BCUT2D eigenvalue weighted by atomic mass is 16.4. The van der Waals surface area contributed by atoms with E-state index in [1.54, 1.807) is 12.1 Å². The average molecular weight is 259 g/mol. The number of carboxylic acid groups (broad SMARTS) is 1. The highest BCUT2D eigenvalue weighted by Gasteiger charge is 2.38. The van der Waals surface area contributed by atoms with Gasteiger partial charge in [-0.2, -0.15) is 5.26 Å². The van der Waals surface area contributed by atoms with Crippen molar-refractivity contribution < 1.29 is 9.90 Å². The third-order valence-electron chi connectivity index (χ3n) is 3.63. The Morgan fingerprint density at radius 2 is 2.00 bits per heavy atom. The van der Waals surface area contributed by atoms with Crippen LogP contribution in [0, 0.1) is 11.3 Å². The van der Waals surface area contributed by atoms with Crippen LogP contribution < -0.4 is 5.32 Å². The lowest BCUT2D eigenvalue weighted by atomic mass is 9.90. The molecule has 1 aromatic rings. The summed E-state index contributed by atoms with van der Waals surface area (Å²) in [6.07, 6.45) is 6.79. The molecule has 1 aromatic heterocycles. The van der Waals surface area contributed by atoms with Crippen LogP contribution in [0.15, 0.2) is 18.3 Å². The summed E-state index contributed by atoms with van der Waals surface area (Å²) < 4.78 is 0. The monoisotopic (exact) mass is 259 g/mol. The second-order valence-corrected chi connectivity index (χ2v) is 4.97.